The molecule has 0 aliphatic rings. The molecule has 2 aromatic carbocycles. The highest BCUT2D eigenvalue weighted by Crippen LogP contribution is 2.36. The van der Waals surface area contributed by atoms with Crippen LogP contribution in [0.2, 0.25) is 5.02 Å². The van der Waals surface area contributed by atoms with Crippen LogP contribution in [-0.4, -0.2) is 24.8 Å². The quantitative estimate of drug-likeness (QED) is 0.703. The number of hydrogen-bond donors (Lipinski definition) is 2. The summed E-state index contributed by atoms with van der Waals surface area (Å²) < 4.78 is 11.0. The van der Waals surface area contributed by atoms with Gasteiger partial charge in [-0.15, -0.1) is 0 Å². The Hall–Kier alpha value is -2.24. The van der Waals surface area contributed by atoms with Crippen LogP contribution in [0.15, 0.2) is 42.5 Å². The number of methoxy groups -OCH3 is 1. The van der Waals surface area contributed by atoms with E-state index in [1.54, 1.807) is 31.4 Å². The molecule has 25 heavy (non-hydrogen) atoms. The highest BCUT2D eigenvalue weighted by molar-refractivity contribution is 6.32. The maximum absolute atomic E-state index is 11.6. The molecule has 0 bridgehead atoms. The Bertz CT molecular complexity index is 706. The molecule has 0 aliphatic carbocycles. The Kier molecular flexibility index (Phi) is 7.10. The van der Waals surface area contributed by atoms with E-state index in [1.165, 1.54) is 0 Å². The van der Waals surface area contributed by atoms with Gasteiger partial charge < -0.3 is 14.6 Å². The minimum atomic E-state index is -0.938. The van der Waals surface area contributed by atoms with Gasteiger partial charge in [-0.05, 0) is 29.7 Å². The number of benzene rings is 2. The summed E-state index contributed by atoms with van der Waals surface area (Å²) in [5.74, 6) is 0.101. The van der Waals surface area contributed by atoms with Crippen molar-refractivity contribution >= 4 is 17.6 Å². The van der Waals surface area contributed by atoms with Crippen LogP contribution < -0.4 is 14.8 Å². The lowest BCUT2D eigenvalue weighted by molar-refractivity contribution is -0.139. The number of hydrogen-bond acceptors (Lipinski definition) is 4. The molecular weight excluding hydrogens is 342 g/mol. The predicted octanol–water partition coefficient (Wildman–Crippen LogP) is 4.05. The fourth-order valence-corrected chi connectivity index (χ4v) is 2.72. The van der Waals surface area contributed by atoms with Gasteiger partial charge in [0.25, 0.3) is 0 Å². The number of ether oxygens (including phenoxy) is 2. The average Bonchev–Trinajstić information content (AvgIpc) is 2.61. The number of carboxylic acids is 1. The van der Waals surface area contributed by atoms with Gasteiger partial charge in [-0.1, -0.05) is 48.9 Å². The molecule has 6 heteroatoms. The third-order valence-corrected chi connectivity index (χ3v) is 3.91. The van der Waals surface area contributed by atoms with Crippen LogP contribution in [0.4, 0.5) is 0 Å². The van der Waals surface area contributed by atoms with Crippen molar-refractivity contribution in [2.75, 3.05) is 13.7 Å². The lowest BCUT2D eigenvalue weighted by atomic mass is 10.1. The molecule has 2 rings (SSSR count). The first kappa shape index (κ1) is 19.1. The van der Waals surface area contributed by atoms with E-state index in [-0.39, 0.29) is 0 Å². The van der Waals surface area contributed by atoms with E-state index in [1.807, 2.05) is 25.1 Å². The number of carbonyl (C=O) groups is 1. The number of carboxylic acid groups (broad SMARTS) is 1. The van der Waals surface area contributed by atoms with Crippen LogP contribution in [0.5, 0.6) is 11.5 Å². The molecule has 5 nitrogen and oxygen atoms in total. The van der Waals surface area contributed by atoms with Crippen molar-refractivity contribution < 1.29 is 19.4 Å². The third-order valence-electron chi connectivity index (χ3n) is 3.63. The van der Waals surface area contributed by atoms with Crippen molar-refractivity contribution in [3.05, 3.63) is 58.6 Å². The van der Waals surface area contributed by atoms with Gasteiger partial charge in [-0.2, -0.15) is 0 Å². The Morgan fingerprint density at radius 2 is 2.00 bits per heavy atom. The topological polar surface area (TPSA) is 67.8 Å². The molecule has 0 spiro atoms. The summed E-state index contributed by atoms with van der Waals surface area (Å²) >= 11 is 6.29. The van der Waals surface area contributed by atoms with Gasteiger partial charge in [0, 0.05) is 6.54 Å². The molecule has 134 valence electrons. The second kappa shape index (κ2) is 9.30. The van der Waals surface area contributed by atoms with Gasteiger partial charge in [0.15, 0.2) is 11.5 Å². The standard InChI is InChI=1S/C19H22ClNO4/c1-3-9-25-18-15(20)10-13(11-16(18)24-2)12-21-17(19(22)23)14-7-5-4-6-8-14/h4-8,10-11,17,21H,3,9,12H2,1-2H3,(H,22,23)/t17-/m1/s1. The van der Waals surface area contributed by atoms with Crippen LogP contribution in [0.25, 0.3) is 0 Å². The van der Waals surface area contributed by atoms with Gasteiger partial charge in [-0.3, -0.25) is 10.1 Å². The van der Waals surface area contributed by atoms with E-state index in [4.69, 9.17) is 21.1 Å². The van der Waals surface area contributed by atoms with Crippen LogP contribution >= 0.6 is 11.6 Å². The van der Waals surface area contributed by atoms with E-state index < -0.39 is 12.0 Å². The summed E-state index contributed by atoms with van der Waals surface area (Å²) in [5.41, 5.74) is 1.50. The van der Waals surface area contributed by atoms with E-state index >= 15 is 0 Å². The zero-order valence-electron chi connectivity index (χ0n) is 14.3. The largest absolute Gasteiger partial charge is 0.493 e. The van der Waals surface area contributed by atoms with Crippen molar-refractivity contribution in [2.45, 2.75) is 25.9 Å². The molecular formula is C19H22ClNO4. The first-order chi connectivity index (χ1) is 12.1. The SMILES string of the molecule is CCCOc1c(Cl)cc(CN[C@@H](C(=O)O)c2ccccc2)cc1OC. The first-order valence-corrected chi connectivity index (χ1v) is 8.45. The second-order valence-corrected chi connectivity index (χ2v) is 5.93. The van der Waals surface area contributed by atoms with Gasteiger partial charge in [0.2, 0.25) is 0 Å². The molecule has 0 aromatic heterocycles. The number of nitrogens with one attached hydrogen (secondary N) is 1. The Morgan fingerprint density at radius 3 is 2.60 bits per heavy atom. The van der Waals surface area contributed by atoms with Crippen LogP contribution in [0.1, 0.15) is 30.5 Å². The van der Waals surface area contributed by atoms with E-state index in [0.717, 1.165) is 12.0 Å². The minimum absolute atomic E-state index is 0.329. The number of rotatable bonds is 9. The maximum Gasteiger partial charge on any atom is 0.325 e. The zero-order valence-corrected chi connectivity index (χ0v) is 15.0. The third kappa shape index (κ3) is 5.11. The molecule has 0 fully saturated rings. The molecule has 2 N–H and O–H groups in total. The van der Waals surface area contributed by atoms with Gasteiger partial charge in [-0.25, -0.2) is 0 Å². The van der Waals surface area contributed by atoms with Crippen molar-refractivity contribution in [3.63, 3.8) is 0 Å². The smallest absolute Gasteiger partial charge is 0.325 e. The summed E-state index contributed by atoms with van der Waals surface area (Å²) in [5, 5.41) is 12.9. The van der Waals surface area contributed by atoms with E-state index in [0.29, 0.717) is 35.2 Å². The maximum atomic E-state index is 11.6. The predicted molar refractivity (Wildman–Crippen MR) is 97.4 cm³/mol. The summed E-state index contributed by atoms with van der Waals surface area (Å²) in [6, 6.07) is 11.8. The fourth-order valence-electron chi connectivity index (χ4n) is 2.43. The summed E-state index contributed by atoms with van der Waals surface area (Å²) in [4.78, 5) is 11.6. The molecule has 0 unspecified atom stereocenters. The zero-order chi connectivity index (χ0) is 18.2. The van der Waals surface area contributed by atoms with Gasteiger partial charge >= 0.3 is 5.97 Å². The molecule has 0 aliphatic heterocycles. The van der Waals surface area contributed by atoms with Crippen molar-refractivity contribution in [3.8, 4) is 11.5 Å². The number of aliphatic carboxylic acids is 1. The second-order valence-electron chi connectivity index (χ2n) is 5.52. The molecule has 0 radical (unpaired) electrons. The lowest BCUT2D eigenvalue weighted by Crippen LogP contribution is -2.28. The van der Waals surface area contributed by atoms with E-state index in [2.05, 4.69) is 5.32 Å². The van der Waals surface area contributed by atoms with Gasteiger partial charge in [0.1, 0.15) is 6.04 Å². The first-order valence-electron chi connectivity index (χ1n) is 8.07. The normalized spacial score (nSPS) is 11.8. The monoisotopic (exact) mass is 363 g/mol. The lowest BCUT2D eigenvalue weighted by Gasteiger charge is -2.17. The fraction of sp³-hybridized carbons (Fsp3) is 0.316. The van der Waals surface area contributed by atoms with Crippen molar-refractivity contribution in [2.24, 2.45) is 0 Å². The van der Waals surface area contributed by atoms with Crippen LogP contribution in [0.3, 0.4) is 0 Å². The van der Waals surface area contributed by atoms with Crippen molar-refractivity contribution in [1.82, 2.24) is 5.32 Å². The van der Waals surface area contributed by atoms with Crippen molar-refractivity contribution in [1.29, 1.82) is 0 Å². The van der Waals surface area contributed by atoms with Gasteiger partial charge in [0.05, 0.1) is 18.7 Å². The summed E-state index contributed by atoms with van der Waals surface area (Å²) in [6.45, 7) is 2.88. The Labute approximate surface area is 152 Å². The highest BCUT2D eigenvalue weighted by atomic mass is 35.5. The molecule has 2 aromatic rings. The van der Waals surface area contributed by atoms with Crippen LogP contribution in [0, 0.1) is 0 Å². The van der Waals surface area contributed by atoms with Crippen LogP contribution in [-0.2, 0) is 11.3 Å². The Morgan fingerprint density at radius 1 is 1.28 bits per heavy atom. The summed E-state index contributed by atoms with van der Waals surface area (Å²) in [7, 11) is 1.55. The van der Waals surface area contributed by atoms with E-state index in [9.17, 15) is 9.90 Å². The molecule has 0 amide bonds. The Balaban J connectivity index is 2.16. The molecule has 1 atom stereocenters. The molecule has 0 saturated heterocycles. The summed E-state index contributed by atoms with van der Waals surface area (Å²) in [6.07, 6.45) is 0.861. The molecule has 0 heterocycles. The minimum Gasteiger partial charge on any atom is -0.493 e. The average molecular weight is 364 g/mol. The number of halogens is 1. The molecule has 0 saturated carbocycles. The highest BCUT2D eigenvalue weighted by Gasteiger charge is 2.19.